The molecule has 7 unspecified atom stereocenters. The molecule has 0 radical (unpaired) electrons. The Balaban J connectivity index is 1.58. The Kier molecular flexibility index (Phi) is 4.47. The average Bonchev–Trinajstić information content (AvgIpc) is 3.01. The first-order chi connectivity index (χ1) is 13.9. The van der Waals surface area contributed by atoms with Crippen molar-refractivity contribution in [2.45, 2.75) is 120 Å². The molecule has 5 aliphatic rings. The second-order valence-electron chi connectivity index (χ2n) is 14.4. The quantitative estimate of drug-likeness (QED) is 0.350. The van der Waals surface area contributed by atoms with Gasteiger partial charge in [0.05, 0.1) is 0 Å². The maximum Gasteiger partial charge on any atom is -0.00565 e. The fraction of sp³-hybridized carbons (Fsp3) is 0.867. The highest BCUT2D eigenvalue weighted by molar-refractivity contribution is 5.35. The monoisotopic (exact) mass is 408 g/mol. The third-order valence-corrected chi connectivity index (χ3v) is 12.3. The summed E-state index contributed by atoms with van der Waals surface area (Å²) in [7, 11) is 0. The van der Waals surface area contributed by atoms with Crippen molar-refractivity contribution in [1.82, 2.24) is 0 Å². The van der Waals surface area contributed by atoms with E-state index in [1.54, 1.807) is 5.57 Å². The van der Waals surface area contributed by atoms with Crippen molar-refractivity contribution in [3.63, 3.8) is 0 Å². The minimum absolute atomic E-state index is 0.426. The normalized spacial score (nSPS) is 51.9. The summed E-state index contributed by atoms with van der Waals surface area (Å²) in [6.45, 7) is 20.7. The minimum atomic E-state index is 0.426. The SMILES string of the molecule is CC(C)=C1CCC2(C)C1CCC1(C)C2CC=C2C3CC(C)(C)CCC3(C)CCC21C. The number of fused-ring (bicyclic) bond motifs is 7. The molecule has 0 saturated heterocycles. The van der Waals surface area contributed by atoms with Crippen molar-refractivity contribution in [2.24, 2.45) is 44.8 Å². The molecule has 0 heteroatoms. The number of hydrogen-bond acceptors (Lipinski definition) is 0. The van der Waals surface area contributed by atoms with Gasteiger partial charge in [0, 0.05) is 0 Å². The van der Waals surface area contributed by atoms with Crippen LogP contribution in [0.25, 0.3) is 0 Å². The Morgan fingerprint density at radius 3 is 2.23 bits per heavy atom. The zero-order valence-electron chi connectivity index (χ0n) is 21.4. The first-order valence-electron chi connectivity index (χ1n) is 13.2. The van der Waals surface area contributed by atoms with E-state index >= 15 is 0 Å². The van der Waals surface area contributed by atoms with Gasteiger partial charge in [0.1, 0.15) is 0 Å². The average molecular weight is 409 g/mol. The lowest BCUT2D eigenvalue weighted by Gasteiger charge is -2.68. The molecule has 0 heterocycles. The van der Waals surface area contributed by atoms with Gasteiger partial charge < -0.3 is 0 Å². The second kappa shape index (κ2) is 6.29. The standard InChI is InChI=1S/C30H48/c1-20(2)21-11-13-28(6)22(21)12-14-30(8)25(28)10-9-23-24-19-26(3,4)15-16-27(24,5)17-18-29(23,30)7/h9,22,24-25H,10-19H2,1-8H3. The molecule has 0 spiro atoms. The van der Waals surface area contributed by atoms with Crippen LogP contribution < -0.4 is 0 Å². The van der Waals surface area contributed by atoms with Gasteiger partial charge in [0.25, 0.3) is 0 Å². The van der Waals surface area contributed by atoms with Crippen molar-refractivity contribution < 1.29 is 0 Å². The zero-order chi connectivity index (χ0) is 21.7. The van der Waals surface area contributed by atoms with Crippen molar-refractivity contribution in [3.8, 4) is 0 Å². The molecule has 4 fully saturated rings. The fourth-order valence-corrected chi connectivity index (χ4v) is 9.98. The van der Waals surface area contributed by atoms with Gasteiger partial charge >= 0.3 is 0 Å². The smallest absolute Gasteiger partial charge is 0.00565 e. The topological polar surface area (TPSA) is 0 Å². The van der Waals surface area contributed by atoms with E-state index in [9.17, 15) is 0 Å². The van der Waals surface area contributed by atoms with Gasteiger partial charge in [-0.1, -0.05) is 64.3 Å². The maximum atomic E-state index is 2.84. The minimum Gasteiger partial charge on any atom is -0.0841 e. The lowest BCUT2D eigenvalue weighted by Crippen LogP contribution is -2.60. The molecule has 0 aromatic rings. The van der Waals surface area contributed by atoms with Gasteiger partial charge in [-0.25, -0.2) is 0 Å². The molecule has 5 aliphatic carbocycles. The Morgan fingerprint density at radius 2 is 1.53 bits per heavy atom. The molecule has 0 N–H and O–H groups in total. The van der Waals surface area contributed by atoms with E-state index in [0.717, 1.165) is 17.8 Å². The van der Waals surface area contributed by atoms with E-state index in [0.29, 0.717) is 27.1 Å². The molecule has 4 saturated carbocycles. The van der Waals surface area contributed by atoms with Gasteiger partial charge in [-0.3, -0.25) is 0 Å². The van der Waals surface area contributed by atoms with E-state index in [1.807, 2.05) is 11.1 Å². The van der Waals surface area contributed by atoms with Crippen molar-refractivity contribution >= 4 is 0 Å². The third kappa shape index (κ3) is 2.58. The Labute approximate surface area is 187 Å². The van der Waals surface area contributed by atoms with Crippen molar-refractivity contribution in [1.29, 1.82) is 0 Å². The fourth-order valence-electron chi connectivity index (χ4n) is 9.98. The van der Waals surface area contributed by atoms with Crippen molar-refractivity contribution in [2.75, 3.05) is 0 Å². The van der Waals surface area contributed by atoms with Crippen LogP contribution >= 0.6 is 0 Å². The van der Waals surface area contributed by atoms with E-state index in [4.69, 9.17) is 0 Å². The molecule has 0 aromatic heterocycles. The summed E-state index contributed by atoms with van der Waals surface area (Å²) in [4.78, 5) is 0. The molecule has 7 atom stereocenters. The summed E-state index contributed by atoms with van der Waals surface area (Å²) in [6.07, 6.45) is 17.1. The summed E-state index contributed by atoms with van der Waals surface area (Å²) < 4.78 is 0. The van der Waals surface area contributed by atoms with Crippen LogP contribution in [0.3, 0.4) is 0 Å². The van der Waals surface area contributed by atoms with Gasteiger partial charge in [-0.05, 0) is 123 Å². The van der Waals surface area contributed by atoms with Gasteiger partial charge in [0.2, 0.25) is 0 Å². The number of rotatable bonds is 0. The lowest BCUT2D eigenvalue weighted by molar-refractivity contribution is -0.132. The molecule has 0 amide bonds. The molecule has 0 bridgehead atoms. The molecule has 5 rings (SSSR count). The highest BCUT2D eigenvalue weighted by Crippen LogP contribution is 2.75. The van der Waals surface area contributed by atoms with E-state index in [-0.39, 0.29) is 0 Å². The van der Waals surface area contributed by atoms with Crippen LogP contribution in [0.2, 0.25) is 0 Å². The molecule has 168 valence electrons. The molecular weight excluding hydrogens is 360 g/mol. The van der Waals surface area contributed by atoms with Crippen molar-refractivity contribution in [3.05, 3.63) is 22.8 Å². The van der Waals surface area contributed by atoms with Gasteiger partial charge in [-0.2, -0.15) is 0 Å². The second-order valence-corrected chi connectivity index (χ2v) is 14.4. The summed E-state index contributed by atoms with van der Waals surface area (Å²) >= 11 is 0. The first kappa shape index (κ1) is 21.3. The van der Waals surface area contributed by atoms with Crippen LogP contribution in [0, 0.1) is 44.8 Å². The van der Waals surface area contributed by atoms with Gasteiger partial charge in [0.15, 0.2) is 0 Å². The highest BCUT2D eigenvalue weighted by atomic mass is 14.7. The third-order valence-electron chi connectivity index (χ3n) is 12.3. The number of hydrogen-bond donors (Lipinski definition) is 0. The zero-order valence-corrected chi connectivity index (χ0v) is 21.4. The van der Waals surface area contributed by atoms with E-state index < -0.39 is 0 Å². The molecule has 0 aliphatic heterocycles. The molecule has 30 heavy (non-hydrogen) atoms. The van der Waals surface area contributed by atoms with Crippen LogP contribution in [0.4, 0.5) is 0 Å². The van der Waals surface area contributed by atoms with E-state index in [1.165, 1.54) is 64.2 Å². The van der Waals surface area contributed by atoms with Crippen LogP contribution in [0.15, 0.2) is 22.8 Å². The Hall–Kier alpha value is -0.520. The van der Waals surface area contributed by atoms with Crippen LogP contribution in [0.1, 0.15) is 120 Å². The highest BCUT2D eigenvalue weighted by Gasteiger charge is 2.66. The van der Waals surface area contributed by atoms with Crippen LogP contribution in [-0.2, 0) is 0 Å². The predicted octanol–water partition coefficient (Wildman–Crippen LogP) is 9.12. The van der Waals surface area contributed by atoms with Gasteiger partial charge in [-0.15, -0.1) is 0 Å². The maximum absolute atomic E-state index is 2.84. The number of allylic oxidation sites excluding steroid dienone is 4. The molecular formula is C30H48. The van der Waals surface area contributed by atoms with Crippen LogP contribution in [-0.4, -0.2) is 0 Å². The summed E-state index contributed by atoms with van der Waals surface area (Å²) in [6, 6.07) is 0. The molecule has 0 aromatic carbocycles. The predicted molar refractivity (Wildman–Crippen MR) is 129 cm³/mol. The first-order valence-corrected chi connectivity index (χ1v) is 13.2. The van der Waals surface area contributed by atoms with E-state index in [2.05, 4.69) is 61.5 Å². The lowest BCUT2D eigenvalue weighted by atomic mass is 9.36. The van der Waals surface area contributed by atoms with Crippen LogP contribution in [0.5, 0.6) is 0 Å². The Bertz CT molecular complexity index is 806. The summed E-state index contributed by atoms with van der Waals surface area (Å²) in [5, 5.41) is 0. The molecule has 0 nitrogen and oxygen atoms in total. The Morgan fingerprint density at radius 1 is 0.833 bits per heavy atom. The summed E-state index contributed by atoms with van der Waals surface area (Å²) in [5.74, 6) is 2.57. The summed E-state index contributed by atoms with van der Waals surface area (Å²) in [5.41, 5.74) is 7.91. The largest absolute Gasteiger partial charge is 0.0841 e.